The molecule has 4 rings (SSSR count). The van der Waals surface area contributed by atoms with Crippen LogP contribution in [-0.4, -0.2) is 7.05 Å². The Morgan fingerprint density at radius 1 is 0.960 bits per heavy atom. The third kappa shape index (κ3) is 2.65. The zero-order valence-electron chi connectivity index (χ0n) is 14.1. The Labute approximate surface area is 152 Å². The van der Waals surface area contributed by atoms with Gasteiger partial charge < -0.3 is 5.32 Å². The molecule has 1 aromatic heterocycles. The molecule has 0 spiro atoms. The van der Waals surface area contributed by atoms with Gasteiger partial charge in [0.15, 0.2) is 0 Å². The van der Waals surface area contributed by atoms with E-state index < -0.39 is 0 Å². The number of benzene rings is 3. The summed E-state index contributed by atoms with van der Waals surface area (Å²) in [6.45, 7) is 4.08. The van der Waals surface area contributed by atoms with Gasteiger partial charge in [-0.05, 0) is 62.0 Å². The minimum atomic E-state index is 1.12. The summed E-state index contributed by atoms with van der Waals surface area (Å²) in [6, 6.07) is 21.5. The average molecular weight is 341 g/mol. The van der Waals surface area contributed by atoms with E-state index in [0.717, 1.165) is 11.3 Å². The molecule has 1 heterocycles. The number of anilines is 1. The predicted molar refractivity (Wildman–Crippen MR) is 112 cm³/mol. The van der Waals surface area contributed by atoms with E-state index in [1.165, 1.54) is 33.0 Å². The molecule has 0 amide bonds. The second-order valence-corrected chi connectivity index (χ2v) is 6.73. The van der Waals surface area contributed by atoms with Crippen LogP contribution in [0.25, 0.3) is 39.1 Å². The first-order valence-corrected chi connectivity index (χ1v) is 9.25. The molecule has 1 N–H and O–H groups in total. The number of fused-ring (bicyclic) bond motifs is 1. The van der Waals surface area contributed by atoms with Crippen molar-refractivity contribution in [3.63, 3.8) is 0 Å². The van der Waals surface area contributed by atoms with Crippen molar-refractivity contribution in [2.24, 2.45) is 0 Å². The highest BCUT2D eigenvalue weighted by molar-refractivity contribution is 7.08. The summed E-state index contributed by atoms with van der Waals surface area (Å²) in [5.74, 6) is 0. The highest BCUT2D eigenvalue weighted by atomic mass is 32.1. The highest BCUT2D eigenvalue weighted by Gasteiger charge is 2.17. The summed E-state index contributed by atoms with van der Waals surface area (Å²) < 4.78 is 0. The minimum Gasteiger partial charge on any atom is -0.388 e. The number of nitrogens with one attached hydrogen (secondary N) is 1. The summed E-state index contributed by atoms with van der Waals surface area (Å²) in [5.41, 5.74) is 7.24. The van der Waals surface area contributed by atoms with Crippen molar-refractivity contribution in [1.29, 1.82) is 0 Å². The van der Waals surface area contributed by atoms with Crippen LogP contribution in [0, 0.1) is 0 Å². The molecular formula is C23H19NS. The van der Waals surface area contributed by atoms with E-state index in [1.54, 1.807) is 11.3 Å². The van der Waals surface area contributed by atoms with Gasteiger partial charge in [0.25, 0.3) is 0 Å². The molecule has 0 radical (unpaired) electrons. The molecule has 0 atom stereocenters. The molecule has 0 saturated carbocycles. The van der Waals surface area contributed by atoms with Crippen molar-refractivity contribution in [2.75, 3.05) is 12.4 Å². The molecule has 0 fully saturated rings. The van der Waals surface area contributed by atoms with Gasteiger partial charge in [0.1, 0.15) is 0 Å². The van der Waals surface area contributed by atoms with Gasteiger partial charge >= 0.3 is 0 Å². The lowest BCUT2D eigenvalue weighted by Gasteiger charge is -2.19. The first-order valence-electron chi connectivity index (χ1n) is 8.31. The van der Waals surface area contributed by atoms with Crippen molar-refractivity contribution in [3.8, 4) is 22.3 Å². The molecular weight excluding hydrogens is 322 g/mol. The largest absolute Gasteiger partial charge is 0.388 e. The maximum Gasteiger partial charge on any atom is 0.0417 e. The summed E-state index contributed by atoms with van der Waals surface area (Å²) >= 11 is 1.73. The smallest absolute Gasteiger partial charge is 0.0417 e. The van der Waals surface area contributed by atoms with E-state index in [0.29, 0.717) is 0 Å². The number of hydrogen-bond donors (Lipinski definition) is 1. The van der Waals surface area contributed by atoms with Crippen LogP contribution in [0.1, 0.15) is 5.56 Å². The monoisotopic (exact) mass is 341 g/mol. The molecule has 4 aromatic rings. The van der Waals surface area contributed by atoms with Crippen molar-refractivity contribution in [2.45, 2.75) is 0 Å². The van der Waals surface area contributed by atoms with E-state index >= 15 is 0 Å². The summed E-state index contributed by atoms with van der Waals surface area (Å²) in [6.07, 6.45) is 1.96. The quantitative estimate of drug-likeness (QED) is 0.425. The molecule has 0 aliphatic heterocycles. The fourth-order valence-corrected chi connectivity index (χ4v) is 4.09. The summed E-state index contributed by atoms with van der Waals surface area (Å²) in [5, 5.41) is 10.2. The topological polar surface area (TPSA) is 12.0 Å². The second-order valence-electron chi connectivity index (χ2n) is 5.95. The number of para-hydroxylation sites is 1. The van der Waals surface area contributed by atoms with Gasteiger partial charge in [-0.3, -0.25) is 0 Å². The third-order valence-corrected chi connectivity index (χ3v) is 5.26. The lowest BCUT2D eigenvalue weighted by atomic mass is 9.86. The Morgan fingerprint density at radius 2 is 1.76 bits per heavy atom. The van der Waals surface area contributed by atoms with Crippen molar-refractivity contribution >= 4 is 33.9 Å². The zero-order valence-corrected chi connectivity index (χ0v) is 14.9. The van der Waals surface area contributed by atoms with Gasteiger partial charge in [0, 0.05) is 18.3 Å². The van der Waals surface area contributed by atoms with E-state index in [2.05, 4.69) is 83.3 Å². The molecule has 2 heteroatoms. The van der Waals surface area contributed by atoms with Crippen molar-refractivity contribution < 1.29 is 0 Å². The van der Waals surface area contributed by atoms with E-state index in [4.69, 9.17) is 0 Å². The Morgan fingerprint density at radius 3 is 2.52 bits per heavy atom. The minimum absolute atomic E-state index is 1.12. The van der Waals surface area contributed by atoms with E-state index in [1.807, 2.05) is 13.1 Å². The van der Waals surface area contributed by atoms with Crippen LogP contribution >= 0.6 is 11.3 Å². The first kappa shape index (κ1) is 15.7. The molecule has 1 nitrogen and oxygen atoms in total. The van der Waals surface area contributed by atoms with Gasteiger partial charge in [-0.2, -0.15) is 11.3 Å². The van der Waals surface area contributed by atoms with Gasteiger partial charge in [-0.25, -0.2) is 0 Å². The van der Waals surface area contributed by atoms with Crippen LogP contribution in [0.4, 0.5) is 5.69 Å². The summed E-state index contributed by atoms with van der Waals surface area (Å²) in [7, 11) is 1.97. The molecule has 0 saturated heterocycles. The molecule has 25 heavy (non-hydrogen) atoms. The van der Waals surface area contributed by atoms with E-state index in [9.17, 15) is 0 Å². The molecule has 0 bridgehead atoms. The highest BCUT2D eigenvalue weighted by Crippen LogP contribution is 2.44. The second kappa shape index (κ2) is 6.58. The molecule has 0 aliphatic rings. The number of rotatable bonds is 4. The van der Waals surface area contributed by atoms with Crippen molar-refractivity contribution in [1.82, 2.24) is 0 Å². The standard InChI is InChI=1S/C23H19NS/c1-3-16-14-17-8-4-5-9-19(17)23(18-12-13-25-15-18)22(16)20-10-6-7-11-21(20)24-2/h3-15,24H,1H2,2H3. The Hall–Kier alpha value is -2.84. The van der Waals surface area contributed by atoms with Crippen molar-refractivity contribution in [3.05, 3.63) is 83.6 Å². The average Bonchev–Trinajstić information content (AvgIpc) is 3.20. The van der Waals surface area contributed by atoms with E-state index in [-0.39, 0.29) is 0 Å². The first-order chi connectivity index (χ1) is 12.3. The normalized spacial score (nSPS) is 10.8. The fourth-order valence-electron chi connectivity index (χ4n) is 3.45. The molecule has 0 aliphatic carbocycles. The maximum atomic E-state index is 4.08. The Kier molecular flexibility index (Phi) is 4.12. The lowest BCUT2D eigenvalue weighted by molar-refractivity contribution is 1.50. The van der Waals surface area contributed by atoms with Crippen LogP contribution in [0.3, 0.4) is 0 Å². The molecule has 0 unspecified atom stereocenters. The lowest BCUT2D eigenvalue weighted by Crippen LogP contribution is -1.96. The van der Waals surface area contributed by atoms with Crippen LogP contribution in [-0.2, 0) is 0 Å². The van der Waals surface area contributed by atoms with Gasteiger partial charge in [0.05, 0.1) is 0 Å². The van der Waals surface area contributed by atoms with Gasteiger partial charge in [0.2, 0.25) is 0 Å². The van der Waals surface area contributed by atoms with Crippen LogP contribution in [0.15, 0.2) is 78.0 Å². The SMILES string of the molecule is C=Cc1cc2ccccc2c(-c2ccsc2)c1-c1ccccc1NC. The number of hydrogen-bond acceptors (Lipinski definition) is 2. The third-order valence-electron chi connectivity index (χ3n) is 4.58. The predicted octanol–water partition coefficient (Wildman–Crippen LogP) is 6.92. The van der Waals surface area contributed by atoms with Crippen LogP contribution in [0.5, 0.6) is 0 Å². The molecule has 3 aromatic carbocycles. The number of thiophene rings is 1. The Bertz CT molecular complexity index is 1050. The Balaban J connectivity index is 2.19. The van der Waals surface area contributed by atoms with Gasteiger partial charge in [-0.15, -0.1) is 0 Å². The molecule has 122 valence electrons. The van der Waals surface area contributed by atoms with Crippen LogP contribution in [0.2, 0.25) is 0 Å². The summed E-state index contributed by atoms with van der Waals surface area (Å²) in [4.78, 5) is 0. The van der Waals surface area contributed by atoms with Crippen LogP contribution < -0.4 is 5.32 Å². The zero-order chi connectivity index (χ0) is 17.2. The van der Waals surface area contributed by atoms with Gasteiger partial charge in [-0.1, -0.05) is 55.1 Å². The maximum absolute atomic E-state index is 4.08. The fraction of sp³-hybridized carbons (Fsp3) is 0.0435.